The molecule has 0 N–H and O–H groups in total. The largest absolute Gasteiger partial charge is 0.393 e. The van der Waals surface area contributed by atoms with E-state index in [1.807, 2.05) is 6.08 Å². The molecular formula is C16H26O3. The van der Waals surface area contributed by atoms with E-state index >= 15 is 0 Å². The van der Waals surface area contributed by atoms with Crippen LogP contribution in [0.2, 0.25) is 0 Å². The van der Waals surface area contributed by atoms with E-state index in [1.54, 1.807) is 0 Å². The molecule has 1 unspecified atom stereocenters. The average molecular weight is 266 g/mol. The van der Waals surface area contributed by atoms with E-state index < -0.39 is 0 Å². The first-order valence-corrected chi connectivity index (χ1v) is 7.49. The molecule has 0 aliphatic carbocycles. The van der Waals surface area contributed by atoms with Crippen molar-refractivity contribution in [1.29, 1.82) is 0 Å². The summed E-state index contributed by atoms with van der Waals surface area (Å²) in [5.41, 5.74) is 0. The molecule has 0 spiro atoms. The molecule has 3 heteroatoms. The zero-order valence-corrected chi connectivity index (χ0v) is 12.2. The van der Waals surface area contributed by atoms with Crippen molar-refractivity contribution in [2.75, 3.05) is 0 Å². The molecule has 0 saturated carbocycles. The fourth-order valence-electron chi connectivity index (χ4n) is 2.25. The van der Waals surface area contributed by atoms with E-state index in [0.29, 0.717) is 6.42 Å². The smallest absolute Gasteiger partial charge is 0.317 e. The van der Waals surface area contributed by atoms with E-state index in [4.69, 9.17) is 0 Å². The number of ether oxygens (including phenoxy) is 1. The van der Waals surface area contributed by atoms with Crippen LogP contribution in [0.15, 0.2) is 12.2 Å². The van der Waals surface area contributed by atoms with Gasteiger partial charge < -0.3 is 4.74 Å². The predicted octanol–water partition coefficient (Wildman–Crippen LogP) is 4.02. The Hall–Kier alpha value is -1.12. The molecule has 3 nitrogen and oxygen atoms in total. The highest BCUT2D eigenvalue weighted by atomic mass is 16.6. The molecular weight excluding hydrogens is 240 g/mol. The number of rotatable bonds is 9. The molecule has 1 saturated heterocycles. The zero-order chi connectivity index (χ0) is 14.1. The Morgan fingerprint density at radius 2 is 1.89 bits per heavy atom. The Morgan fingerprint density at radius 1 is 1.16 bits per heavy atom. The molecule has 1 atom stereocenters. The highest BCUT2D eigenvalue weighted by molar-refractivity contribution is 5.94. The highest BCUT2D eigenvalue weighted by Crippen LogP contribution is 2.20. The van der Waals surface area contributed by atoms with Gasteiger partial charge in [0, 0.05) is 0 Å². The molecule has 0 radical (unpaired) electrons. The Kier molecular flexibility index (Phi) is 7.46. The lowest BCUT2D eigenvalue weighted by Crippen LogP contribution is -2.05. The summed E-state index contributed by atoms with van der Waals surface area (Å²) >= 11 is 0. The van der Waals surface area contributed by atoms with Gasteiger partial charge in [-0.25, -0.2) is 0 Å². The van der Waals surface area contributed by atoms with E-state index in [2.05, 4.69) is 24.7 Å². The van der Waals surface area contributed by atoms with E-state index in [0.717, 1.165) is 12.3 Å². The highest BCUT2D eigenvalue weighted by Gasteiger charge is 2.31. The second-order valence-corrected chi connectivity index (χ2v) is 5.79. The fourth-order valence-corrected chi connectivity index (χ4v) is 2.25. The second kappa shape index (κ2) is 8.89. The van der Waals surface area contributed by atoms with Crippen LogP contribution in [0.1, 0.15) is 65.2 Å². The summed E-state index contributed by atoms with van der Waals surface area (Å²) in [6.07, 6.45) is 12.6. The molecule has 1 rings (SSSR count). The first kappa shape index (κ1) is 15.9. The van der Waals surface area contributed by atoms with Crippen LogP contribution in [0.25, 0.3) is 0 Å². The van der Waals surface area contributed by atoms with Gasteiger partial charge in [0.2, 0.25) is 0 Å². The summed E-state index contributed by atoms with van der Waals surface area (Å²) < 4.78 is 4.50. The van der Waals surface area contributed by atoms with Crippen molar-refractivity contribution < 1.29 is 14.3 Å². The second-order valence-electron chi connectivity index (χ2n) is 5.79. The van der Waals surface area contributed by atoms with Gasteiger partial charge in [-0.3, -0.25) is 9.59 Å². The van der Waals surface area contributed by atoms with Crippen molar-refractivity contribution in [2.24, 2.45) is 11.8 Å². The number of allylic oxidation sites excluding steroid dienone is 2. The quantitative estimate of drug-likeness (QED) is 0.274. The van der Waals surface area contributed by atoms with Crippen molar-refractivity contribution in [3.63, 3.8) is 0 Å². The summed E-state index contributed by atoms with van der Waals surface area (Å²) in [6, 6.07) is 0. The maximum absolute atomic E-state index is 11.2. The number of unbranched alkanes of at least 4 members (excludes halogenated alkanes) is 4. The lowest BCUT2D eigenvalue weighted by atomic mass is 10.0. The SMILES string of the molecule is CC(C)CCCCCCC=CCC1CC(=O)OC1=O. The topological polar surface area (TPSA) is 43.4 Å². The van der Waals surface area contributed by atoms with Crippen molar-refractivity contribution >= 4 is 11.9 Å². The Labute approximate surface area is 116 Å². The Morgan fingerprint density at radius 3 is 2.53 bits per heavy atom. The van der Waals surface area contributed by atoms with Gasteiger partial charge in [0.05, 0.1) is 12.3 Å². The van der Waals surface area contributed by atoms with Gasteiger partial charge in [-0.1, -0.05) is 51.7 Å². The lowest BCUT2D eigenvalue weighted by Gasteiger charge is -2.03. The number of cyclic esters (lactones) is 2. The van der Waals surface area contributed by atoms with Crippen LogP contribution in [0.4, 0.5) is 0 Å². The van der Waals surface area contributed by atoms with Crippen LogP contribution in [0.5, 0.6) is 0 Å². The monoisotopic (exact) mass is 266 g/mol. The number of esters is 2. The first-order chi connectivity index (χ1) is 9.09. The normalized spacial score (nSPS) is 19.6. The fraction of sp³-hybridized carbons (Fsp3) is 0.750. The van der Waals surface area contributed by atoms with Crippen molar-refractivity contribution in [1.82, 2.24) is 0 Å². The van der Waals surface area contributed by atoms with Crippen LogP contribution in [-0.2, 0) is 14.3 Å². The van der Waals surface area contributed by atoms with Crippen LogP contribution >= 0.6 is 0 Å². The van der Waals surface area contributed by atoms with Crippen LogP contribution < -0.4 is 0 Å². The summed E-state index contributed by atoms with van der Waals surface area (Å²) in [5, 5.41) is 0. The summed E-state index contributed by atoms with van der Waals surface area (Å²) in [4.78, 5) is 22.1. The van der Waals surface area contributed by atoms with Gasteiger partial charge in [0.1, 0.15) is 0 Å². The van der Waals surface area contributed by atoms with Crippen LogP contribution in [0, 0.1) is 11.8 Å². The zero-order valence-electron chi connectivity index (χ0n) is 12.2. The number of hydrogen-bond acceptors (Lipinski definition) is 3. The first-order valence-electron chi connectivity index (χ1n) is 7.49. The molecule has 0 aromatic carbocycles. The van der Waals surface area contributed by atoms with E-state index in [9.17, 15) is 9.59 Å². The van der Waals surface area contributed by atoms with Gasteiger partial charge in [-0.05, 0) is 25.2 Å². The maximum Gasteiger partial charge on any atom is 0.317 e. The van der Waals surface area contributed by atoms with E-state index in [-0.39, 0.29) is 24.3 Å². The molecule has 108 valence electrons. The Balaban J connectivity index is 1.96. The standard InChI is InChI=1S/C16H26O3/c1-13(2)10-8-6-4-3-5-7-9-11-14-12-15(17)19-16(14)18/h7,9,13-14H,3-6,8,10-12H2,1-2H3. The Bertz CT molecular complexity index is 318. The third kappa shape index (κ3) is 7.14. The minimum absolute atomic E-state index is 0.241. The number of carbonyl (C=O) groups is 2. The molecule has 1 aliphatic heterocycles. The molecule has 0 aromatic heterocycles. The van der Waals surface area contributed by atoms with Crippen LogP contribution in [0.3, 0.4) is 0 Å². The minimum Gasteiger partial charge on any atom is -0.393 e. The van der Waals surface area contributed by atoms with Crippen molar-refractivity contribution in [3.8, 4) is 0 Å². The predicted molar refractivity (Wildman–Crippen MR) is 75.5 cm³/mol. The third-order valence-corrected chi connectivity index (χ3v) is 3.45. The van der Waals surface area contributed by atoms with Gasteiger partial charge >= 0.3 is 11.9 Å². The van der Waals surface area contributed by atoms with Gasteiger partial charge in [0.15, 0.2) is 0 Å². The number of hydrogen-bond donors (Lipinski definition) is 0. The molecule has 0 amide bonds. The molecule has 1 heterocycles. The van der Waals surface area contributed by atoms with Crippen molar-refractivity contribution in [3.05, 3.63) is 12.2 Å². The third-order valence-electron chi connectivity index (χ3n) is 3.45. The lowest BCUT2D eigenvalue weighted by molar-refractivity contribution is -0.153. The molecule has 1 aliphatic rings. The summed E-state index contributed by atoms with van der Waals surface area (Å²) in [7, 11) is 0. The van der Waals surface area contributed by atoms with Gasteiger partial charge in [-0.15, -0.1) is 0 Å². The minimum atomic E-state index is -0.381. The van der Waals surface area contributed by atoms with Crippen LogP contribution in [-0.4, -0.2) is 11.9 Å². The van der Waals surface area contributed by atoms with Gasteiger partial charge in [-0.2, -0.15) is 0 Å². The summed E-state index contributed by atoms with van der Waals surface area (Å²) in [5.74, 6) is -0.166. The molecule has 1 fully saturated rings. The van der Waals surface area contributed by atoms with E-state index in [1.165, 1.54) is 32.1 Å². The molecule has 0 aromatic rings. The molecule has 0 bridgehead atoms. The number of carbonyl (C=O) groups excluding carboxylic acids is 2. The average Bonchev–Trinajstić information content (AvgIpc) is 2.65. The van der Waals surface area contributed by atoms with Gasteiger partial charge in [0.25, 0.3) is 0 Å². The van der Waals surface area contributed by atoms with Crippen molar-refractivity contribution in [2.45, 2.75) is 65.2 Å². The summed E-state index contributed by atoms with van der Waals surface area (Å²) in [6.45, 7) is 4.53. The maximum atomic E-state index is 11.2. The molecule has 19 heavy (non-hydrogen) atoms.